The number of benzene rings is 3. The van der Waals surface area contributed by atoms with Crippen molar-refractivity contribution in [3.05, 3.63) is 94.0 Å². The van der Waals surface area contributed by atoms with Crippen LogP contribution in [0.4, 0.5) is 11.4 Å². The number of nitro benzene ring substituents is 1. The summed E-state index contributed by atoms with van der Waals surface area (Å²) in [5, 5.41) is 13.9. The van der Waals surface area contributed by atoms with Gasteiger partial charge in [0, 0.05) is 11.6 Å². The van der Waals surface area contributed by atoms with Crippen molar-refractivity contribution < 1.29 is 28.7 Å². The molecule has 0 fully saturated rings. The van der Waals surface area contributed by atoms with Gasteiger partial charge in [-0.05, 0) is 42.8 Å². The molecule has 3 aromatic rings. The minimum atomic E-state index is -1.33. The fourth-order valence-electron chi connectivity index (χ4n) is 2.98. The van der Waals surface area contributed by atoms with Gasteiger partial charge in [0.05, 0.1) is 12.0 Å². The molecule has 1 amide bonds. The summed E-state index contributed by atoms with van der Waals surface area (Å²) in [6.45, 7) is 1.27. The second-order valence-corrected chi connectivity index (χ2v) is 7.01. The van der Waals surface area contributed by atoms with Crippen LogP contribution in [0.15, 0.2) is 72.8 Å². The molecule has 9 heteroatoms. The first kappa shape index (κ1) is 23.3. The highest BCUT2D eigenvalue weighted by atomic mass is 16.6. The molecule has 0 saturated carbocycles. The Morgan fingerprint density at radius 2 is 1.67 bits per heavy atom. The summed E-state index contributed by atoms with van der Waals surface area (Å²) in [6.07, 6.45) is -1.33. The van der Waals surface area contributed by atoms with Crippen molar-refractivity contribution in [2.24, 2.45) is 0 Å². The maximum atomic E-state index is 13.0. The summed E-state index contributed by atoms with van der Waals surface area (Å²) in [4.78, 5) is 36.2. The average Bonchev–Trinajstić information content (AvgIpc) is 2.83. The fraction of sp³-hybridized carbons (Fsp3) is 0.167. The van der Waals surface area contributed by atoms with E-state index in [0.717, 1.165) is 0 Å². The standard InChI is InChI=1S/C24H22N2O7/c1-16-8-13-20(21(14-16)26(29)30)25-24(28)23(17-6-4-3-5-7-17)33-22(27)15-32-19-11-9-18(31-2)10-12-19/h3-14,23H,15H2,1-2H3,(H,25,28). The zero-order chi connectivity index (χ0) is 23.8. The number of amides is 1. The molecule has 0 aliphatic heterocycles. The van der Waals surface area contributed by atoms with Crippen LogP contribution in [-0.4, -0.2) is 30.5 Å². The lowest BCUT2D eigenvalue weighted by Crippen LogP contribution is -2.28. The van der Waals surface area contributed by atoms with Crippen LogP contribution >= 0.6 is 0 Å². The number of carbonyl (C=O) groups excluding carboxylic acids is 2. The topological polar surface area (TPSA) is 117 Å². The number of anilines is 1. The molecular formula is C24H22N2O7. The molecule has 9 nitrogen and oxygen atoms in total. The Morgan fingerprint density at radius 1 is 1.00 bits per heavy atom. The van der Waals surface area contributed by atoms with E-state index in [1.165, 1.54) is 19.2 Å². The molecule has 1 N–H and O–H groups in total. The number of carbonyl (C=O) groups is 2. The maximum absolute atomic E-state index is 13.0. The van der Waals surface area contributed by atoms with Crippen molar-refractivity contribution in [2.75, 3.05) is 19.0 Å². The van der Waals surface area contributed by atoms with Crippen LogP contribution in [0, 0.1) is 17.0 Å². The number of hydrogen-bond acceptors (Lipinski definition) is 7. The lowest BCUT2D eigenvalue weighted by atomic mass is 10.1. The predicted molar refractivity (Wildman–Crippen MR) is 120 cm³/mol. The molecule has 0 heterocycles. The van der Waals surface area contributed by atoms with E-state index in [1.807, 2.05) is 0 Å². The molecule has 0 spiro atoms. The van der Waals surface area contributed by atoms with E-state index in [4.69, 9.17) is 14.2 Å². The quantitative estimate of drug-likeness (QED) is 0.295. The first-order valence-electron chi connectivity index (χ1n) is 9.94. The number of nitrogens with one attached hydrogen (secondary N) is 1. The number of ether oxygens (including phenoxy) is 3. The lowest BCUT2D eigenvalue weighted by molar-refractivity contribution is -0.384. The van der Waals surface area contributed by atoms with E-state index in [0.29, 0.717) is 22.6 Å². The number of nitrogens with zero attached hydrogens (tertiary/aromatic N) is 1. The molecule has 1 unspecified atom stereocenters. The van der Waals surface area contributed by atoms with Crippen molar-refractivity contribution in [2.45, 2.75) is 13.0 Å². The maximum Gasteiger partial charge on any atom is 0.345 e. The van der Waals surface area contributed by atoms with Crippen molar-refractivity contribution >= 4 is 23.3 Å². The normalized spacial score (nSPS) is 11.2. The van der Waals surface area contributed by atoms with Crippen LogP contribution in [-0.2, 0) is 14.3 Å². The van der Waals surface area contributed by atoms with E-state index < -0.39 is 29.5 Å². The molecule has 0 saturated heterocycles. The molecule has 0 bridgehead atoms. The molecule has 0 aliphatic carbocycles. The molecule has 3 aromatic carbocycles. The third-order valence-electron chi connectivity index (χ3n) is 4.61. The largest absolute Gasteiger partial charge is 0.497 e. The van der Waals surface area contributed by atoms with Gasteiger partial charge >= 0.3 is 5.97 Å². The van der Waals surface area contributed by atoms with Gasteiger partial charge in [0.15, 0.2) is 6.61 Å². The van der Waals surface area contributed by atoms with Gasteiger partial charge in [-0.2, -0.15) is 0 Å². The third kappa shape index (κ3) is 6.30. The van der Waals surface area contributed by atoms with E-state index >= 15 is 0 Å². The summed E-state index contributed by atoms with van der Waals surface area (Å²) < 4.78 is 15.9. The molecule has 170 valence electrons. The fourth-order valence-corrected chi connectivity index (χ4v) is 2.98. The molecule has 1 atom stereocenters. The Balaban J connectivity index is 1.74. The number of hydrogen-bond donors (Lipinski definition) is 1. The molecule has 0 radical (unpaired) electrons. The highest BCUT2D eigenvalue weighted by Gasteiger charge is 2.27. The van der Waals surface area contributed by atoms with Crippen molar-refractivity contribution in [3.63, 3.8) is 0 Å². The summed E-state index contributed by atoms with van der Waals surface area (Å²) >= 11 is 0. The highest BCUT2D eigenvalue weighted by Crippen LogP contribution is 2.28. The van der Waals surface area contributed by atoms with Gasteiger partial charge in [-0.25, -0.2) is 4.79 Å². The smallest absolute Gasteiger partial charge is 0.345 e. The molecule has 3 rings (SSSR count). The minimum Gasteiger partial charge on any atom is -0.497 e. The average molecular weight is 450 g/mol. The Morgan fingerprint density at radius 3 is 2.30 bits per heavy atom. The summed E-state index contributed by atoms with van der Waals surface area (Å²) in [7, 11) is 1.53. The Labute approximate surface area is 190 Å². The van der Waals surface area contributed by atoms with E-state index in [1.54, 1.807) is 67.6 Å². The van der Waals surface area contributed by atoms with E-state index in [-0.39, 0.29) is 11.4 Å². The van der Waals surface area contributed by atoms with Crippen LogP contribution in [0.25, 0.3) is 0 Å². The van der Waals surface area contributed by atoms with Crippen LogP contribution < -0.4 is 14.8 Å². The van der Waals surface area contributed by atoms with Gasteiger partial charge in [0.2, 0.25) is 6.10 Å². The summed E-state index contributed by atoms with van der Waals surface area (Å²) in [6, 6.07) is 19.4. The second kappa shape index (κ2) is 10.8. The van der Waals surface area contributed by atoms with Crippen molar-refractivity contribution in [1.29, 1.82) is 0 Å². The highest BCUT2D eigenvalue weighted by molar-refractivity contribution is 5.97. The van der Waals surface area contributed by atoms with E-state index in [2.05, 4.69) is 5.32 Å². The lowest BCUT2D eigenvalue weighted by Gasteiger charge is -2.18. The molecular weight excluding hydrogens is 428 g/mol. The number of esters is 1. The Kier molecular flexibility index (Phi) is 7.59. The number of rotatable bonds is 9. The summed E-state index contributed by atoms with van der Waals surface area (Å²) in [5.41, 5.74) is 0.815. The minimum absolute atomic E-state index is 0.00191. The Hall–Kier alpha value is -4.40. The van der Waals surface area contributed by atoms with Crippen LogP contribution in [0.5, 0.6) is 11.5 Å². The van der Waals surface area contributed by atoms with Gasteiger partial charge in [0.25, 0.3) is 11.6 Å². The first-order chi connectivity index (χ1) is 15.9. The van der Waals surface area contributed by atoms with E-state index in [9.17, 15) is 19.7 Å². The monoisotopic (exact) mass is 450 g/mol. The third-order valence-corrected chi connectivity index (χ3v) is 4.61. The van der Waals surface area contributed by atoms with Crippen LogP contribution in [0.3, 0.4) is 0 Å². The SMILES string of the molecule is COc1ccc(OCC(=O)OC(C(=O)Nc2ccc(C)cc2[N+](=O)[O-])c2ccccc2)cc1. The number of aryl methyl sites for hydroxylation is 1. The van der Waals surface area contributed by atoms with Gasteiger partial charge in [-0.3, -0.25) is 14.9 Å². The molecule has 0 aliphatic rings. The van der Waals surface area contributed by atoms with Crippen LogP contribution in [0.1, 0.15) is 17.2 Å². The van der Waals surface area contributed by atoms with Crippen LogP contribution in [0.2, 0.25) is 0 Å². The van der Waals surface area contributed by atoms with Gasteiger partial charge < -0.3 is 19.5 Å². The van der Waals surface area contributed by atoms with Crippen molar-refractivity contribution in [1.82, 2.24) is 0 Å². The van der Waals surface area contributed by atoms with Crippen molar-refractivity contribution in [3.8, 4) is 11.5 Å². The zero-order valence-electron chi connectivity index (χ0n) is 18.0. The number of nitro groups is 1. The predicted octanol–water partition coefficient (Wildman–Crippen LogP) is 4.21. The first-order valence-corrected chi connectivity index (χ1v) is 9.94. The van der Waals surface area contributed by atoms with Gasteiger partial charge in [-0.15, -0.1) is 0 Å². The van der Waals surface area contributed by atoms with Gasteiger partial charge in [-0.1, -0.05) is 36.4 Å². The zero-order valence-corrected chi connectivity index (χ0v) is 18.0. The van der Waals surface area contributed by atoms with Gasteiger partial charge in [0.1, 0.15) is 17.2 Å². The Bertz CT molecular complexity index is 1130. The second-order valence-electron chi connectivity index (χ2n) is 7.01. The summed E-state index contributed by atoms with van der Waals surface area (Å²) in [5.74, 6) is -0.459. The molecule has 33 heavy (non-hydrogen) atoms. The number of methoxy groups -OCH3 is 1. The molecule has 0 aromatic heterocycles.